The molecule has 24 heavy (non-hydrogen) atoms. The molecule has 3 atom stereocenters. The topological polar surface area (TPSA) is 42.7 Å². The van der Waals surface area contributed by atoms with E-state index in [0.717, 1.165) is 43.7 Å². The van der Waals surface area contributed by atoms with Crippen molar-refractivity contribution >= 4 is 5.91 Å². The van der Waals surface area contributed by atoms with Gasteiger partial charge in [0.2, 0.25) is 5.91 Å². The zero-order valence-corrected chi connectivity index (χ0v) is 14.0. The number of ether oxygens (including phenoxy) is 1. The minimum absolute atomic E-state index is 0.118. The molecule has 2 aliphatic rings. The zero-order valence-electron chi connectivity index (χ0n) is 14.0. The SMILES string of the molecule is COc1ccc(C[C@@H]2CCCN2C(=O)[C@@H]2C[C@H]2c2ccco2)cc1. The van der Waals surface area contributed by atoms with E-state index in [-0.39, 0.29) is 11.8 Å². The molecule has 0 radical (unpaired) electrons. The lowest BCUT2D eigenvalue weighted by Gasteiger charge is -2.25. The Kier molecular flexibility index (Phi) is 4.05. The van der Waals surface area contributed by atoms with Crippen LogP contribution >= 0.6 is 0 Å². The number of likely N-dealkylation sites (tertiary alicyclic amines) is 1. The minimum atomic E-state index is 0.118. The van der Waals surface area contributed by atoms with Crippen molar-refractivity contribution in [3.8, 4) is 5.75 Å². The van der Waals surface area contributed by atoms with Crippen molar-refractivity contribution in [3.05, 3.63) is 54.0 Å². The third-order valence-corrected chi connectivity index (χ3v) is 5.31. The summed E-state index contributed by atoms with van der Waals surface area (Å²) in [5.41, 5.74) is 1.26. The second-order valence-corrected chi connectivity index (χ2v) is 6.84. The molecular weight excluding hydrogens is 302 g/mol. The summed E-state index contributed by atoms with van der Waals surface area (Å²) in [7, 11) is 1.68. The van der Waals surface area contributed by atoms with Gasteiger partial charge in [-0.2, -0.15) is 0 Å². The van der Waals surface area contributed by atoms with Crippen molar-refractivity contribution in [1.82, 2.24) is 4.90 Å². The van der Waals surface area contributed by atoms with Crippen molar-refractivity contribution in [2.75, 3.05) is 13.7 Å². The monoisotopic (exact) mass is 325 g/mol. The molecule has 2 heterocycles. The van der Waals surface area contributed by atoms with Crippen LogP contribution in [0.5, 0.6) is 5.75 Å². The third kappa shape index (κ3) is 2.93. The largest absolute Gasteiger partial charge is 0.497 e. The summed E-state index contributed by atoms with van der Waals surface area (Å²) in [4.78, 5) is 15.0. The highest BCUT2D eigenvalue weighted by Gasteiger charge is 2.49. The highest BCUT2D eigenvalue weighted by atomic mass is 16.5. The number of carbonyl (C=O) groups excluding carboxylic acids is 1. The third-order valence-electron chi connectivity index (χ3n) is 5.31. The molecule has 2 aromatic rings. The number of amides is 1. The van der Waals surface area contributed by atoms with Crippen LogP contribution in [0.4, 0.5) is 0 Å². The van der Waals surface area contributed by atoms with Crippen LogP contribution in [0, 0.1) is 5.92 Å². The van der Waals surface area contributed by atoms with Crippen LogP contribution in [-0.4, -0.2) is 30.5 Å². The molecule has 4 rings (SSSR count). The predicted octanol–water partition coefficient (Wildman–Crippen LogP) is 3.63. The van der Waals surface area contributed by atoms with E-state index in [1.54, 1.807) is 13.4 Å². The van der Waals surface area contributed by atoms with Gasteiger partial charge in [0.1, 0.15) is 11.5 Å². The minimum Gasteiger partial charge on any atom is -0.497 e. The van der Waals surface area contributed by atoms with Crippen molar-refractivity contribution < 1.29 is 13.9 Å². The Morgan fingerprint density at radius 3 is 2.83 bits per heavy atom. The van der Waals surface area contributed by atoms with Crippen molar-refractivity contribution in [2.24, 2.45) is 5.92 Å². The number of carbonyl (C=O) groups is 1. The lowest BCUT2D eigenvalue weighted by atomic mass is 10.0. The maximum atomic E-state index is 12.9. The lowest BCUT2D eigenvalue weighted by molar-refractivity contribution is -0.133. The zero-order chi connectivity index (χ0) is 16.5. The summed E-state index contributed by atoms with van der Waals surface area (Å²) in [6.45, 7) is 0.890. The molecule has 0 N–H and O–H groups in total. The maximum Gasteiger partial charge on any atom is 0.226 e. The number of benzene rings is 1. The Bertz CT molecular complexity index is 692. The molecule has 1 aromatic carbocycles. The average Bonchev–Trinajstić information content (AvgIpc) is 3.00. The Hall–Kier alpha value is -2.23. The Balaban J connectivity index is 1.40. The highest BCUT2D eigenvalue weighted by Crippen LogP contribution is 2.49. The molecule has 126 valence electrons. The van der Waals surface area contributed by atoms with Crippen LogP contribution in [0.25, 0.3) is 0 Å². The van der Waals surface area contributed by atoms with E-state index in [0.29, 0.717) is 11.9 Å². The summed E-state index contributed by atoms with van der Waals surface area (Å²) in [5.74, 6) is 2.55. The van der Waals surface area contributed by atoms with E-state index >= 15 is 0 Å². The summed E-state index contributed by atoms with van der Waals surface area (Å²) in [6, 6.07) is 12.4. The van der Waals surface area contributed by atoms with Gasteiger partial charge in [0, 0.05) is 24.4 Å². The molecule has 1 aliphatic heterocycles. The van der Waals surface area contributed by atoms with Gasteiger partial charge in [-0.25, -0.2) is 0 Å². The van der Waals surface area contributed by atoms with E-state index < -0.39 is 0 Å². The van der Waals surface area contributed by atoms with E-state index in [1.807, 2.05) is 24.3 Å². The van der Waals surface area contributed by atoms with Gasteiger partial charge in [-0.05, 0) is 55.5 Å². The molecule has 0 unspecified atom stereocenters. The number of nitrogens with zero attached hydrogens (tertiary/aromatic N) is 1. The number of rotatable bonds is 5. The van der Waals surface area contributed by atoms with Gasteiger partial charge in [-0.15, -0.1) is 0 Å². The molecule has 0 bridgehead atoms. The number of methoxy groups -OCH3 is 1. The first-order valence-electron chi connectivity index (χ1n) is 8.73. The molecular formula is C20H23NO3. The van der Waals surface area contributed by atoms with E-state index in [2.05, 4.69) is 17.0 Å². The fraction of sp³-hybridized carbons (Fsp3) is 0.450. The second-order valence-electron chi connectivity index (χ2n) is 6.84. The number of hydrogen-bond donors (Lipinski definition) is 0. The summed E-state index contributed by atoms with van der Waals surface area (Å²) in [5, 5.41) is 0. The highest BCUT2D eigenvalue weighted by molar-refractivity contribution is 5.83. The van der Waals surface area contributed by atoms with E-state index in [4.69, 9.17) is 9.15 Å². The first kappa shape index (κ1) is 15.3. The Morgan fingerprint density at radius 2 is 2.12 bits per heavy atom. The fourth-order valence-electron chi connectivity index (χ4n) is 3.87. The molecule has 1 aliphatic carbocycles. The molecule has 2 fully saturated rings. The summed E-state index contributed by atoms with van der Waals surface area (Å²) < 4.78 is 10.7. The predicted molar refractivity (Wildman–Crippen MR) is 91.0 cm³/mol. The second kappa shape index (κ2) is 6.34. The quantitative estimate of drug-likeness (QED) is 0.843. The first-order chi connectivity index (χ1) is 11.8. The first-order valence-corrected chi connectivity index (χ1v) is 8.73. The number of furan rings is 1. The molecule has 1 amide bonds. The normalized spacial score (nSPS) is 25.7. The Labute approximate surface area is 142 Å². The Morgan fingerprint density at radius 1 is 1.29 bits per heavy atom. The summed E-state index contributed by atoms with van der Waals surface area (Å²) in [6.07, 6.45) is 5.74. The van der Waals surface area contributed by atoms with Gasteiger partial charge in [0.25, 0.3) is 0 Å². The summed E-state index contributed by atoms with van der Waals surface area (Å²) >= 11 is 0. The number of hydrogen-bond acceptors (Lipinski definition) is 3. The molecule has 1 saturated heterocycles. The van der Waals surface area contributed by atoms with Gasteiger partial charge in [-0.1, -0.05) is 12.1 Å². The molecule has 4 nitrogen and oxygen atoms in total. The van der Waals surface area contributed by atoms with Gasteiger partial charge in [-0.3, -0.25) is 4.79 Å². The smallest absolute Gasteiger partial charge is 0.226 e. The van der Waals surface area contributed by atoms with Gasteiger partial charge >= 0.3 is 0 Å². The van der Waals surface area contributed by atoms with Crippen LogP contribution in [0.1, 0.15) is 36.5 Å². The van der Waals surface area contributed by atoms with E-state index in [1.165, 1.54) is 5.56 Å². The van der Waals surface area contributed by atoms with Crippen LogP contribution in [0.3, 0.4) is 0 Å². The van der Waals surface area contributed by atoms with Crippen molar-refractivity contribution in [2.45, 2.75) is 37.6 Å². The van der Waals surface area contributed by atoms with Gasteiger partial charge < -0.3 is 14.1 Å². The maximum absolute atomic E-state index is 12.9. The van der Waals surface area contributed by atoms with E-state index in [9.17, 15) is 4.79 Å². The van der Waals surface area contributed by atoms with Crippen LogP contribution in [0.15, 0.2) is 47.1 Å². The standard InChI is InChI=1S/C20H23NO3/c1-23-16-8-6-14(7-9-16)12-15-4-2-10-21(15)20(22)18-13-17(18)19-5-3-11-24-19/h3,5-9,11,15,17-18H,2,4,10,12-13H2,1H3/t15-,17+,18+/m0/s1. The lowest BCUT2D eigenvalue weighted by Crippen LogP contribution is -2.38. The van der Waals surface area contributed by atoms with Crippen molar-refractivity contribution in [3.63, 3.8) is 0 Å². The molecule has 4 heteroatoms. The molecule has 1 saturated carbocycles. The van der Waals surface area contributed by atoms with Gasteiger partial charge in [0.05, 0.1) is 13.4 Å². The van der Waals surface area contributed by atoms with Crippen molar-refractivity contribution in [1.29, 1.82) is 0 Å². The average molecular weight is 325 g/mol. The van der Waals surface area contributed by atoms with Crippen LogP contribution in [0.2, 0.25) is 0 Å². The molecule has 0 spiro atoms. The molecule has 1 aromatic heterocycles. The van der Waals surface area contributed by atoms with Crippen LogP contribution in [-0.2, 0) is 11.2 Å². The fourth-order valence-corrected chi connectivity index (χ4v) is 3.87. The van der Waals surface area contributed by atoms with Gasteiger partial charge in [0.15, 0.2) is 0 Å². The van der Waals surface area contributed by atoms with Crippen LogP contribution < -0.4 is 4.74 Å².